The number of rotatable bonds is 10. The third-order valence-corrected chi connectivity index (χ3v) is 16.6. The van der Waals surface area contributed by atoms with Crippen LogP contribution in [-0.4, -0.2) is 9.13 Å². The second kappa shape index (κ2) is 20.8. The van der Waals surface area contributed by atoms with E-state index < -0.39 is 0 Å². The van der Waals surface area contributed by atoms with Gasteiger partial charge in [-0.05, 0) is 198 Å². The molecule has 13 aromatic carbocycles. The van der Waals surface area contributed by atoms with E-state index in [-0.39, 0.29) is 0 Å². The molecule has 0 radical (unpaired) electrons. The molecule has 0 aliphatic rings. The van der Waals surface area contributed by atoms with E-state index >= 15 is 0 Å². The van der Waals surface area contributed by atoms with Gasteiger partial charge in [0.1, 0.15) is 0 Å². The lowest BCUT2D eigenvalue weighted by Gasteiger charge is -2.19. The Labute approximate surface area is 487 Å². The zero-order valence-electron chi connectivity index (χ0n) is 45.7. The highest BCUT2D eigenvalue weighted by atomic mass is 15.0. The van der Waals surface area contributed by atoms with E-state index in [4.69, 9.17) is 0 Å². The van der Waals surface area contributed by atoms with Crippen molar-refractivity contribution in [3.05, 3.63) is 314 Å². The molecule has 4 nitrogen and oxygen atoms in total. The third kappa shape index (κ3) is 8.80. The topological polar surface area (TPSA) is 57.4 Å². The Morgan fingerprint density at radius 3 is 0.667 bits per heavy atom. The molecule has 0 fully saturated rings. The molecule has 0 unspecified atom stereocenters. The number of benzene rings is 13. The maximum atomic E-state index is 9.91. The molecule has 0 saturated heterocycles. The lowest BCUT2D eigenvalue weighted by molar-refractivity contribution is 1.18. The number of hydrogen-bond acceptors (Lipinski definition) is 2. The van der Waals surface area contributed by atoms with Crippen molar-refractivity contribution in [3.63, 3.8) is 0 Å². The van der Waals surface area contributed by atoms with Crippen LogP contribution in [0.1, 0.15) is 11.1 Å². The van der Waals surface area contributed by atoms with Gasteiger partial charge < -0.3 is 9.13 Å². The fourth-order valence-electron chi connectivity index (χ4n) is 12.4. The normalized spacial score (nSPS) is 11.3. The highest BCUT2D eigenvalue weighted by molar-refractivity contribution is 6.13. The molecule has 15 aromatic rings. The van der Waals surface area contributed by atoms with Crippen LogP contribution >= 0.6 is 0 Å². The van der Waals surface area contributed by atoms with Gasteiger partial charge in [-0.25, -0.2) is 0 Å². The standard InChI is InChI=1S/C80H50N4/c81-51-53-21-25-59(26-22-53)69-49-70(60-27-23-54(52-82)24-28-60)72(62-31-39-68(40-32-62)84-79-43-35-65(57-17-9-3-10-18-57)47-75(79)76-48-66(36-44-80(76)84)58-19-11-4-12-20-58)50-71(69)61-29-37-67(38-30-61)83-77-41-33-63(55-13-5-1-6-14-55)45-73(77)74-46-64(34-42-78(74)83)56-15-7-2-8-16-56/h1-50H. The molecular weight excluding hydrogens is 1020 g/mol. The first kappa shape index (κ1) is 49.5. The largest absolute Gasteiger partial charge is 0.309 e. The van der Waals surface area contributed by atoms with Gasteiger partial charge in [-0.2, -0.15) is 10.5 Å². The summed E-state index contributed by atoms with van der Waals surface area (Å²) in [7, 11) is 0. The molecule has 0 amide bonds. The Balaban J connectivity index is 0.889. The summed E-state index contributed by atoms with van der Waals surface area (Å²) in [6, 6.07) is 113. The molecular formula is C80H50N4. The van der Waals surface area contributed by atoms with Crippen molar-refractivity contribution in [1.29, 1.82) is 10.5 Å². The van der Waals surface area contributed by atoms with Crippen LogP contribution in [0.3, 0.4) is 0 Å². The maximum Gasteiger partial charge on any atom is 0.0991 e. The van der Waals surface area contributed by atoms with Crippen LogP contribution in [-0.2, 0) is 0 Å². The van der Waals surface area contributed by atoms with E-state index in [1.807, 2.05) is 48.5 Å². The second-order valence-corrected chi connectivity index (χ2v) is 21.5. The molecule has 0 atom stereocenters. The SMILES string of the molecule is N#Cc1ccc(-c2cc(-c3ccc(C#N)cc3)c(-c3ccc(-n4c5ccc(-c6ccccc6)cc5c5cc(-c6ccccc6)ccc54)cc3)cc2-c2ccc(-n3c4ccc(-c5ccccc5)cc4c4cc(-c5ccccc5)ccc43)cc2)cc1. The molecule has 0 N–H and O–H groups in total. The Bertz CT molecular complexity index is 4550. The van der Waals surface area contributed by atoms with Gasteiger partial charge in [0.05, 0.1) is 45.3 Å². The molecule has 0 aliphatic carbocycles. The molecule has 84 heavy (non-hydrogen) atoms. The summed E-state index contributed by atoms with van der Waals surface area (Å²) in [4.78, 5) is 0. The molecule has 2 heterocycles. The van der Waals surface area contributed by atoms with Crippen LogP contribution in [0.4, 0.5) is 0 Å². The lowest BCUT2D eigenvalue weighted by atomic mass is 9.85. The Hall–Kier alpha value is -11.6. The van der Waals surface area contributed by atoms with Crippen molar-refractivity contribution >= 4 is 43.6 Å². The van der Waals surface area contributed by atoms with Crippen LogP contribution in [0.25, 0.3) is 144 Å². The van der Waals surface area contributed by atoms with Gasteiger partial charge in [-0.1, -0.05) is 194 Å². The number of nitriles is 2. The van der Waals surface area contributed by atoms with Gasteiger partial charge in [0.2, 0.25) is 0 Å². The molecule has 0 bridgehead atoms. The lowest BCUT2D eigenvalue weighted by Crippen LogP contribution is -1.96. The van der Waals surface area contributed by atoms with E-state index in [9.17, 15) is 10.5 Å². The smallest absolute Gasteiger partial charge is 0.0991 e. The first-order valence-corrected chi connectivity index (χ1v) is 28.3. The van der Waals surface area contributed by atoms with Gasteiger partial charge in [0.15, 0.2) is 0 Å². The quantitative estimate of drug-likeness (QED) is 0.137. The van der Waals surface area contributed by atoms with Crippen molar-refractivity contribution in [2.24, 2.45) is 0 Å². The van der Waals surface area contributed by atoms with E-state index in [0.717, 1.165) is 77.9 Å². The Morgan fingerprint density at radius 1 is 0.202 bits per heavy atom. The summed E-state index contributed by atoms with van der Waals surface area (Å²) in [6.07, 6.45) is 0. The zero-order chi connectivity index (χ0) is 56.1. The molecule has 0 aliphatic heterocycles. The van der Waals surface area contributed by atoms with Crippen LogP contribution in [0, 0.1) is 22.7 Å². The molecule has 0 spiro atoms. The first-order chi connectivity index (χ1) is 41.5. The number of hydrogen-bond donors (Lipinski definition) is 0. The summed E-state index contributed by atoms with van der Waals surface area (Å²) in [6.45, 7) is 0. The van der Waals surface area contributed by atoms with Crippen LogP contribution < -0.4 is 0 Å². The second-order valence-electron chi connectivity index (χ2n) is 21.5. The van der Waals surface area contributed by atoms with Gasteiger partial charge in [0, 0.05) is 32.9 Å². The van der Waals surface area contributed by atoms with E-state index in [2.05, 4.69) is 276 Å². The highest BCUT2D eigenvalue weighted by Gasteiger charge is 2.21. The van der Waals surface area contributed by atoms with Gasteiger partial charge in [-0.3, -0.25) is 0 Å². The molecule has 390 valence electrons. The van der Waals surface area contributed by atoms with Crippen molar-refractivity contribution in [2.75, 3.05) is 0 Å². The fourth-order valence-corrected chi connectivity index (χ4v) is 12.4. The van der Waals surface area contributed by atoms with Crippen molar-refractivity contribution in [1.82, 2.24) is 9.13 Å². The molecule has 0 saturated carbocycles. The summed E-state index contributed by atoms with van der Waals surface area (Å²) in [5, 5.41) is 24.6. The van der Waals surface area contributed by atoms with Gasteiger partial charge in [0.25, 0.3) is 0 Å². The van der Waals surface area contributed by atoms with E-state index in [0.29, 0.717) is 11.1 Å². The summed E-state index contributed by atoms with van der Waals surface area (Å²) < 4.78 is 4.78. The minimum Gasteiger partial charge on any atom is -0.309 e. The minimum absolute atomic E-state index is 0.600. The summed E-state index contributed by atoms with van der Waals surface area (Å²) in [5.74, 6) is 0. The zero-order valence-corrected chi connectivity index (χ0v) is 45.7. The maximum absolute atomic E-state index is 9.91. The number of aromatic nitrogens is 2. The fraction of sp³-hybridized carbons (Fsp3) is 0. The van der Waals surface area contributed by atoms with Crippen LogP contribution in [0.15, 0.2) is 303 Å². The molecule has 4 heteroatoms. The number of fused-ring (bicyclic) bond motifs is 6. The Morgan fingerprint density at radius 2 is 0.429 bits per heavy atom. The summed E-state index contributed by atoms with van der Waals surface area (Å²) >= 11 is 0. The minimum atomic E-state index is 0.600. The van der Waals surface area contributed by atoms with Crippen LogP contribution in [0.5, 0.6) is 0 Å². The van der Waals surface area contributed by atoms with Gasteiger partial charge >= 0.3 is 0 Å². The summed E-state index contributed by atoms with van der Waals surface area (Å²) in [5.41, 5.74) is 25.5. The molecule has 15 rings (SSSR count). The predicted octanol–water partition coefficient (Wildman–Crippen LogP) is 21.0. The van der Waals surface area contributed by atoms with E-state index in [1.54, 1.807) is 0 Å². The van der Waals surface area contributed by atoms with Crippen molar-refractivity contribution in [3.8, 4) is 113 Å². The van der Waals surface area contributed by atoms with Gasteiger partial charge in [-0.15, -0.1) is 0 Å². The first-order valence-electron chi connectivity index (χ1n) is 28.3. The average molecular weight is 1070 g/mol. The average Bonchev–Trinajstić information content (AvgIpc) is 2.37. The predicted molar refractivity (Wildman–Crippen MR) is 348 cm³/mol. The monoisotopic (exact) mass is 1070 g/mol. The Kier molecular flexibility index (Phi) is 12.3. The third-order valence-electron chi connectivity index (χ3n) is 16.6. The van der Waals surface area contributed by atoms with E-state index in [1.165, 1.54) is 66.1 Å². The van der Waals surface area contributed by atoms with Crippen LogP contribution in [0.2, 0.25) is 0 Å². The number of nitrogens with zero attached hydrogens (tertiary/aromatic N) is 4. The highest BCUT2D eigenvalue weighted by Crippen LogP contribution is 2.45. The molecule has 2 aromatic heterocycles. The van der Waals surface area contributed by atoms with Crippen molar-refractivity contribution < 1.29 is 0 Å². The van der Waals surface area contributed by atoms with Crippen molar-refractivity contribution in [2.45, 2.75) is 0 Å².